The van der Waals surface area contributed by atoms with Crippen LogP contribution in [-0.4, -0.2) is 31.4 Å². The molecule has 0 aliphatic rings. The van der Waals surface area contributed by atoms with E-state index < -0.39 is 10.0 Å². The van der Waals surface area contributed by atoms with Crippen molar-refractivity contribution in [2.45, 2.75) is 18.4 Å². The first-order valence-electron chi connectivity index (χ1n) is 6.73. The van der Waals surface area contributed by atoms with E-state index in [4.69, 9.17) is 16.3 Å². The molecule has 0 aliphatic carbocycles. The van der Waals surface area contributed by atoms with E-state index in [0.717, 1.165) is 11.3 Å². The number of ether oxygens (including phenoxy) is 1. The number of nitrogens with zero attached hydrogens (tertiary/aromatic N) is 2. The molecule has 0 N–H and O–H groups in total. The highest BCUT2D eigenvalue weighted by molar-refractivity contribution is 7.89. The van der Waals surface area contributed by atoms with Gasteiger partial charge in [-0.15, -0.1) is 0 Å². The molecule has 0 saturated carbocycles. The lowest BCUT2D eigenvalue weighted by molar-refractivity contribution is 0.340. The molecule has 2 aromatic rings. The van der Waals surface area contributed by atoms with Crippen molar-refractivity contribution in [1.82, 2.24) is 9.29 Å². The van der Waals surface area contributed by atoms with Crippen LogP contribution in [0.5, 0.6) is 5.75 Å². The Bertz CT molecular complexity index is 715. The first-order chi connectivity index (χ1) is 10.4. The van der Waals surface area contributed by atoms with Gasteiger partial charge in [-0.3, -0.25) is 0 Å². The van der Waals surface area contributed by atoms with E-state index in [1.807, 2.05) is 31.2 Å². The van der Waals surface area contributed by atoms with Crippen molar-refractivity contribution >= 4 is 21.6 Å². The van der Waals surface area contributed by atoms with Crippen molar-refractivity contribution in [3.63, 3.8) is 0 Å². The van der Waals surface area contributed by atoms with Gasteiger partial charge in [-0.2, -0.15) is 4.31 Å². The molecule has 0 saturated heterocycles. The van der Waals surface area contributed by atoms with Crippen LogP contribution in [0.3, 0.4) is 0 Å². The first-order valence-corrected chi connectivity index (χ1v) is 8.55. The normalized spacial score (nSPS) is 11.6. The molecular formula is C15H17ClN2O3S. The smallest absolute Gasteiger partial charge is 0.244 e. The maximum Gasteiger partial charge on any atom is 0.244 e. The van der Waals surface area contributed by atoms with E-state index in [2.05, 4.69) is 4.98 Å². The highest BCUT2D eigenvalue weighted by Crippen LogP contribution is 2.19. The molecule has 118 valence electrons. The summed E-state index contributed by atoms with van der Waals surface area (Å²) in [6, 6.07) is 10.2. The molecule has 0 spiro atoms. The van der Waals surface area contributed by atoms with Crippen LogP contribution >= 0.6 is 11.6 Å². The standard InChI is InChI=1S/C15H17ClN2O3S/c1-3-21-13-6-4-12(5-7-13)11-18(2)22(19,20)14-8-9-15(16)17-10-14/h4-10H,3,11H2,1-2H3. The predicted octanol–water partition coefficient (Wildman–Crippen LogP) is 2.95. The van der Waals surface area contributed by atoms with E-state index in [-0.39, 0.29) is 16.6 Å². The van der Waals surface area contributed by atoms with Gasteiger partial charge in [-0.05, 0) is 36.8 Å². The summed E-state index contributed by atoms with van der Waals surface area (Å²) in [5, 5.41) is 0.258. The van der Waals surface area contributed by atoms with Gasteiger partial charge >= 0.3 is 0 Å². The van der Waals surface area contributed by atoms with Crippen LogP contribution in [0.15, 0.2) is 47.5 Å². The quantitative estimate of drug-likeness (QED) is 0.758. The lowest BCUT2D eigenvalue weighted by Gasteiger charge is -2.17. The second-order valence-electron chi connectivity index (χ2n) is 4.65. The van der Waals surface area contributed by atoms with Crippen LogP contribution in [0.2, 0.25) is 5.15 Å². The molecule has 0 fully saturated rings. The minimum Gasteiger partial charge on any atom is -0.494 e. The molecular weight excluding hydrogens is 324 g/mol. The monoisotopic (exact) mass is 340 g/mol. The minimum atomic E-state index is -3.59. The molecule has 1 aromatic carbocycles. The molecule has 0 bridgehead atoms. The second-order valence-corrected chi connectivity index (χ2v) is 7.09. The number of aromatic nitrogens is 1. The second kappa shape index (κ2) is 7.09. The molecule has 5 nitrogen and oxygen atoms in total. The molecule has 2 rings (SSSR count). The third kappa shape index (κ3) is 3.97. The van der Waals surface area contributed by atoms with Crippen LogP contribution < -0.4 is 4.74 Å². The highest BCUT2D eigenvalue weighted by atomic mass is 35.5. The third-order valence-electron chi connectivity index (χ3n) is 3.05. The van der Waals surface area contributed by atoms with Gasteiger partial charge < -0.3 is 4.74 Å². The summed E-state index contributed by atoms with van der Waals surface area (Å²) < 4.78 is 31.5. The summed E-state index contributed by atoms with van der Waals surface area (Å²) in [4.78, 5) is 3.93. The summed E-state index contributed by atoms with van der Waals surface area (Å²) in [6.45, 7) is 2.77. The fourth-order valence-electron chi connectivity index (χ4n) is 1.89. The predicted molar refractivity (Wildman–Crippen MR) is 85.5 cm³/mol. The molecule has 22 heavy (non-hydrogen) atoms. The van der Waals surface area contributed by atoms with Crippen LogP contribution in [0.1, 0.15) is 12.5 Å². The largest absolute Gasteiger partial charge is 0.494 e. The van der Waals surface area contributed by atoms with Gasteiger partial charge in [0.2, 0.25) is 10.0 Å². The van der Waals surface area contributed by atoms with Gasteiger partial charge in [0.1, 0.15) is 15.8 Å². The molecule has 1 heterocycles. The lowest BCUT2D eigenvalue weighted by atomic mass is 10.2. The number of rotatable bonds is 6. The Morgan fingerprint density at radius 1 is 1.18 bits per heavy atom. The van der Waals surface area contributed by atoms with Gasteiger partial charge in [0.15, 0.2) is 0 Å². The number of hydrogen-bond donors (Lipinski definition) is 0. The summed E-state index contributed by atoms with van der Waals surface area (Å²) in [5.74, 6) is 0.763. The van der Waals surface area contributed by atoms with Gasteiger partial charge in [0.05, 0.1) is 6.61 Å². The van der Waals surface area contributed by atoms with Gasteiger partial charge in [-0.25, -0.2) is 13.4 Å². The van der Waals surface area contributed by atoms with E-state index in [9.17, 15) is 8.42 Å². The Kier molecular flexibility index (Phi) is 5.39. The molecule has 0 unspecified atom stereocenters. The number of hydrogen-bond acceptors (Lipinski definition) is 4. The number of halogens is 1. The fourth-order valence-corrected chi connectivity index (χ4v) is 3.11. The topological polar surface area (TPSA) is 59.5 Å². The first kappa shape index (κ1) is 16.7. The molecule has 7 heteroatoms. The zero-order valence-electron chi connectivity index (χ0n) is 12.4. The zero-order valence-corrected chi connectivity index (χ0v) is 13.9. The van der Waals surface area contributed by atoms with Crippen molar-refractivity contribution in [3.05, 3.63) is 53.3 Å². The van der Waals surface area contributed by atoms with Crippen molar-refractivity contribution in [3.8, 4) is 5.75 Å². The number of benzene rings is 1. The summed E-state index contributed by atoms with van der Waals surface area (Å²) in [6.07, 6.45) is 1.26. The average Bonchev–Trinajstić information content (AvgIpc) is 2.50. The van der Waals surface area contributed by atoms with Crippen LogP contribution in [0.25, 0.3) is 0 Å². The molecule has 0 amide bonds. The van der Waals surface area contributed by atoms with Crippen LogP contribution in [0.4, 0.5) is 0 Å². The lowest BCUT2D eigenvalue weighted by Crippen LogP contribution is -2.26. The van der Waals surface area contributed by atoms with Gasteiger partial charge in [0.25, 0.3) is 0 Å². The Morgan fingerprint density at radius 3 is 2.41 bits per heavy atom. The van der Waals surface area contributed by atoms with E-state index >= 15 is 0 Å². The Labute approximate surface area is 135 Å². The van der Waals surface area contributed by atoms with E-state index in [0.29, 0.717) is 6.61 Å². The Hall–Kier alpha value is -1.63. The summed E-state index contributed by atoms with van der Waals surface area (Å²) in [7, 11) is -2.07. The summed E-state index contributed by atoms with van der Waals surface area (Å²) >= 11 is 5.68. The zero-order chi connectivity index (χ0) is 16.2. The third-order valence-corrected chi connectivity index (χ3v) is 5.06. The summed E-state index contributed by atoms with van der Waals surface area (Å²) in [5.41, 5.74) is 0.872. The minimum absolute atomic E-state index is 0.116. The number of pyridine rings is 1. The maximum atomic E-state index is 12.4. The SMILES string of the molecule is CCOc1ccc(CN(C)S(=O)(=O)c2ccc(Cl)nc2)cc1. The Morgan fingerprint density at radius 2 is 1.86 bits per heavy atom. The van der Waals surface area contributed by atoms with E-state index in [1.165, 1.54) is 29.7 Å². The van der Waals surface area contributed by atoms with Gasteiger partial charge in [0, 0.05) is 19.8 Å². The maximum absolute atomic E-state index is 12.4. The molecule has 1 aromatic heterocycles. The van der Waals surface area contributed by atoms with Crippen molar-refractivity contribution in [1.29, 1.82) is 0 Å². The van der Waals surface area contributed by atoms with Crippen LogP contribution in [0, 0.1) is 0 Å². The molecule has 0 atom stereocenters. The van der Waals surface area contributed by atoms with Crippen LogP contribution in [-0.2, 0) is 16.6 Å². The van der Waals surface area contributed by atoms with Crippen molar-refractivity contribution in [2.24, 2.45) is 0 Å². The average molecular weight is 341 g/mol. The van der Waals surface area contributed by atoms with Gasteiger partial charge in [-0.1, -0.05) is 23.7 Å². The van der Waals surface area contributed by atoms with Crippen molar-refractivity contribution in [2.75, 3.05) is 13.7 Å². The van der Waals surface area contributed by atoms with E-state index in [1.54, 1.807) is 0 Å². The number of sulfonamides is 1. The molecule has 0 aliphatic heterocycles. The molecule has 0 radical (unpaired) electrons. The fraction of sp³-hybridized carbons (Fsp3) is 0.267. The Balaban J connectivity index is 2.13. The highest BCUT2D eigenvalue weighted by Gasteiger charge is 2.21. The van der Waals surface area contributed by atoms with Crippen molar-refractivity contribution < 1.29 is 13.2 Å².